The van der Waals surface area contributed by atoms with Gasteiger partial charge in [-0.25, -0.2) is 4.39 Å². The van der Waals surface area contributed by atoms with Crippen LogP contribution < -0.4 is 15.4 Å². The lowest BCUT2D eigenvalue weighted by Crippen LogP contribution is -2.20. The Morgan fingerprint density at radius 2 is 1.78 bits per heavy atom. The molecule has 0 saturated carbocycles. The van der Waals surface area contributed by atoms with Crippen molar-refractivity contribution in [2.45, 2.75) is 0 Å². The van der Waals surface area contributed by atoms with E-state index in [-0.39, 0.29) is 17.9 Å². The molecule has 160 valence electrons. The van der Waals surface area contributed by atoms with Gasteiger partial charge in [-0.05, 0) is 60.2 Å². The maximum Gasteiger partial charge on any atom is 0.266 e. The van der Waals surface area contributed by atoms with Gasteiger partial charge in [0, 0.05) is 10.7 Å². The highest BCUT2D eigenvalue weighted by molar-refractivity contribution is 6.30. The van der Waals surface area contributed by atoms with Crippen molar-refractivity contribution in [3.05, 3.63) is 94.8 Å². The summed E-state index contributed by atoms with van der Waals surface area (Å²) in [5, 5.41) is 14.9. The molecule has 0 aromatic heterocycles. The first-order valence-electron chi connectivity index (χ1n) is 9.40. The number of nitrogens with one attached hydrogen (secondary N) is 2. The zero-order valence-corrected chi connectivity index (χ0v) is 17.4. The number of nitriles is 1. The van der Waals surface area contributed by atoms with Gasteiger partial charge >= 0.3 is 0 Å². The van der Waals surface area contributed by atoms with Crippen molar-refractivity contribution >= 4 is 40.9 Å². The SMILES string of the molecule is N#CC(=Cc1cccc(OCC(=O)Nc2ccccc2F)c1)C(=O)Nc1ccc(Cl)cc1. The Balaban J connectivity index is 1.63. The van der Waals surface area contributed by atoms with E-state index in [4.69, 9.17) is 16.3 Å². The van der Waals surface area contributed by atoms with E-state index in [9.17, 15) is 19.2 Å². The molecule has 0 spiro atoms. The van der Waals surface area contributed by atoms with Gasteiger partial charge in [0.15, 0.2) is 6.61 Å². The van der Waals surface area contributed by atoms with Crippen LogP contribution >= 0.6 is 11.6 Å². The second-order valence-electron chi connectivity index (χ2n) is 6.52. The molecule has 0 unspecified atom stereocenters. The fourth-order valence-electron chi connectivity index (χ4n) is 2.64. The first-order chi connectivity index (χ1) is 15.4. The number of carbonyl (C=O) groups excluding carboxylic acids is 2. The molecule has 0 atom stereocenters. The Kier molecular flexibility index (Phi) is 7.57. The summed E-state index contributed by atoms with van der Waals surface area (Å²) in [4.78, 5) is 24.4. The number of amides is 2. The molecule has 6 nitrogen and oxygen atoms in total. The molecular formula is C24H17ClFN3O3. The summed E-state index contributed by atoms with van der Waals surface area (Å²) in [6, 6.07) is 20.7. The quantitative estimate of drug-likeness (QED) is 0.390. The first-order valence-corrected chi connectivity index (χ1v) is 9.78. The predicted molar refractivity (Wildman–Crippen MR) is 121 cm³/mol. The average molecular weight is 450 g/mol. The molecule has 3 rings (SSSR count). The third-order valence-corrected chi connectivity index (χ3v) is 4.41. The standard InChI is InChI=1S/C24H17ClFN3O3/c25-18-8-10-19(11-9-18)28-24(31)17(14-27)12-16-4-3-5-20(13-16)32-15-23(30)29-22-7-2-1-6-21(22)26/h1-13H,15H2,(H,28,31)(H,29,30). The number of hydrogen-bond donors (Lipinski definition) is 2. The zero-order valence-electron chi connectivity index (χ0n) is 16.6. The van der Waals surface area contributed by atoms with E-state index in [0.717, 1.165) is 0 Å². The molecule has 3 aromatic carbocycles. The molecule has 0 radical (unpaired) electrons. The van der Waals surface area contributed by atoms with Crippen LogP contribution in [0.15, 0.2) is 78.4 Å². The molecule has 0 aliphatic heterocycles. The van der Waals surface area contributed by atoms with Crippen LogP contribution in [-0.4, -0.2) is 18.4 Å². The van der Waals surface area contributed by atoms with E-state index in [1.807, 2.05) is 6.07 Å². The summed E-state index contributed by atoms with van der Waals surface area (Å²) >= 11 is 5.82. The normalized spacial score (nSPS) is 10.7. The van der Waals surface area contributed by atoms with Gasteiger partial charge in [0.2, 0.25) is 0 Å². The Morgan fingerprint density at radius 3 is 2.50 bits per heavy atom. The molecule has 0 heterocycles. The number of hydrogen-bond acceptors (Lipinski definition) is 4. The van der Waals surface area contributed by atoms with E-state index in [0.29, 0.717) is 22.0 Å². The molecule has 32 heavy (non-hydrogen) atoms. The lowest BCUT2D eigenvalue weighted by molar-refractivity contribution is -0.118. The summed E-state index contributed by atoms with van der Waals surface area (Å²) in [6.45, 7) is -0.344. The minimum Gasteiger partial charge on any atom is -0.484 e. The minimum absolute atomic E-state index is 0.0585. The largest absolute Gasteiger partial charge is 0.484 e. The molecule has 2 amide bonds. The van der Waals surface area contributed by atoms with Gasteiger partial charge in [-0.3, -0.25) is 9.59 Å². The van der Waals surface area contributed by atoms with Gasteiger partial charge in [0.25, 0.3) is 11.8 Å². The van der Waals surface area contributed by atoms with Crippen LogP contribution in [-0.2, 0) is 9.59 Å². The van der Waals surface area contributed by atoms with Crippen molar-refractivity contribution in [3.8, 4) is 11.8 Å². The Labute approximate surface area is 188 Å². The van der Waals surface area contributed by atoms with Crippen molar-refractivity contribution < 1.29 is 18.7 Å². The maximum absolute atomic E-state index is 13.6. The second-order valence-corrected chi connectivity index (χ2v) is 6.96. The van der Waals surface area contributed by atoms with Crippen molar-refractivity contribution in [1.29, 1.82) is 5.26 Å². The highest BCUT2D eigenvalue weighted by atomic mass is 35.5. The number of para-hydroxylation sites is 1. The molecule has 0 aliphatic rings. The summed E-state index contributed by atoms with van der Waals surface area (Å²) in [7, 11) is 0. The summed E-state index contributed by atoms with van der Waals surface area (Å²) in [5.41, 5.74) is 0.968. The van der Waals surface area contributed by atoms with Crippen LogP contribution in [0.3, 0.4) is 0 Å². The molecule has 0 saturated heterocycles. The van der Waals surface area contributed by atoms with Crippen molar-refractivity contribution in [2.24, 2.45) is 0 Å². The Hall–Kier alpha value is -4.15. The van der Waals surface area contributed by atoms with Crippen LogP contribution in [0.5, 0.6) is 5.75 Å². The molecule has 0 aliphatic carbocycles. The number of ether oxygens (including phenoxy) is 1. The second kappa shape index (κ2) is 10.8. The molecule has 3 aromatic rings. The molecular weight excluding hydrogens is 433 g/mol. The highest BCUT2D eigenvalue weighted by Gasteiger charge is 2.11. The summed E-state index contributed by atoms with van der Waals surface area (Å²) in [5.74, 6) is -1.31. The van der Waals surface area contributed by atoms with E-state index >= 15 is 0 Å². The fraction of sp³-hybridized carbons (Fsp3) is 0.0417. The number of rotatable bonds is 7. The van der Waals surface area contributed by atoms with Gasteiger partial charge in [-0.1, -0.05) is 35.9 Å². The molecule has 0 fully saturated rings. The Bertz CT molecular complexity index is 1200. The number of halogens is 2. The van der Waals surface area contributed by atoms with Crippen LogP contribution in [0.1, 0.15) is 5.56 Å². The van der Waals surface area contributed by atoms with Crippen LogP contribution in [0.2, 0.25) is 5.02 Å². The van der Waals surface area contributed by atoms with E-state index in [1.54, 1.807) is 54.6 Å². The molecule has 2 N–H and O–H groups in total. The van der Waals surface area contributed by atoms with Crippen molar-refractivity contribution in [2.75, 3.05) is 17.2 Å². The number of benzene rings is 3. The van der Waals surface area contributed by atoms with Crippen LogP contribution in [0.4, 0.5) is 15.8 Å². The van der Waals surface area contributed by atoms with Gasteiger partial charge < -0.3 is 15.4 Å². The predicted octanol–water partition coefficient (Wildman–Crippen LogP) is 5.04. The summed E-state index contributed by atoms with van der Waals surface area (Å²) < 4.78 is 19.1. The van der Waals surface area contributed by atoms with E-state index in [1.165, 1.54) is 24.3 Å². The maximum atomic E-state index is 13.6. The third-order valence-electron chi connectivity index (χ3n) is 4.15. The van der Waals surface area contributed by atoms with Gasteiger partial charge in [0.05, 0.1) is 5.69 Å². The average Bonchev–Trinajstić information content (AvgIpc) is 2.79. The van der Waals surface area contributed by atoms with Gasteiger partial charge in [0.1, 0.15) is 23.2 Å². The lowest BCUT2D eigenvalue weighted by atomic mass is 10.1. The zero-order chi connectivity index (χ0) is 22.9. The topological polar surface area (TPSA) is 91.2 Å². The Morgan fingerprint density at radius 1 is 1.03 bits per heavy atom. The van der Waals surface area contributed by atoms with E-state index in [2.05, 4.69) is 10.6 Å². The minimum atomic E-state index is -0.578. The van der Waals surface area contributed by atoms with Crippen molar-refractivity contribution in [1.82, 2.24) is 0 Å². The van der Waals surface area contributed by atoms with Crippen molar-refractivity contribution in [3.63, 3.8) is 0 Å². The highest BCUT2D eigenvalue weighted by Crippen LogP contribution is 2.18. The van der Waals surface area contributed by atoms with Gasteiger partial charge in [-0.15, -0.1) is 0 Å². The lowest BCUT2D eigenvalue weighted by Gasteiger charge is -2.09. The molecule has 0 bridgehead atoms. The van der Waals surface area contributed by atoms with Crippen LogP contribution in [0.25, 0.3) is 6.08 Å². The first kappa shape index (κ1) is 22.5. The number of nitrogens with zero attached hydrogens (tertiary/aromatic N) is 1. The number of anilines is 2. The van der Waals surface area contributed by atoms with Crippen LogP contribution in [0, 0.1) is 17.1 Å². The number of carbonyl (C=O) groups is 2. The third kappa shape index (κ3) is 6.42. The summed E-state index contributed by atoms with van der Waals surface area (Å²) in [6.07, 6.45) is 1.40. The van der Waals surface area contributed by atoms with E-state index < -0.39 is 17.6 Å². The van der Waals surface area contributed by atoms with Gasteiger partial charge in [-0.2, -0.15) is 5.26 Å². The molecule has 8 heteroatoms. The monoisotopic (exact) mass is 449 g/mol. The fourth-order valence-corrected chi connectivity index (χ4v) is 2.76. The smallest absolute Gasteiger partial charge is 0.266 e.